The van der Waals surface area contributed by atoms with Gasteiger partial charge in [-0.3, -0.25) is 0 Å². The highest BCUT2D eigenvalue weighted by Gasteiger charge is 2.25. The first-order chi connectivity index (χ1) is 7.35. The van der Waals surface area contributed by atoms with Crippen molar-refractivity contribution in [3.05, 3.63) is 29.8 Å². The van der Waals surface area contributed by atoms with Crippen LogP contribution in [0.1, 0.15) is 18.0 Å². The second kappa shape index (κ2) is 4.61. The second-order valence-corrected chi connectivity index (χ2v) is 3.66. The van der Waals surface area contributed by atoms with E-state index in [0.29, 0.717) is 12.2 Å². The third-order valence-electron chi connectivity index (χ3n) is 2.77. The molecule has 0 amide bonds. The van der Waals surface area contributed by atoms with E-state index in [0.717, 1.165) is 12.2 Å². The molecule has 2 unspecified atom stereocenters. The minimum Gasteiger partial charge on any atom is -0.496 e. The van der Waals surface area contributed by atoms with Gasteiger partial charge in [-0.2, -0.15) is 0 Å². The summed E-state index contributed by atoms with van der Waals surface area (Å²) in [4.78, 5) is 0. The molecular formula is C11H17N3O. The van der Waals surface area contributed by atoms with Crippen LogP contribution >= 0.6 is 0 Å². The summed E-state index contributed by atoms with van der Waals surface area (Å²) in [5.41, 5.74) is 7.64. The van der Waals surface area contributed by atoms with Crippen molar-refractivity contribution in [2.24, 2.45) is 0 Å². The van der Waals surface area contributed by atoms with Gasteiger partial charge < -0.3 is 10.1 Å². The maximum absolute atomic E-state index is 5.34. The minimum absolute atomic E-state index is 0.304. The molecule has 1 aliphatic heterocycles. The highest BCUT2D eigenvalue weighted by Crippen LogP contribution is 2.29. The highest BCUT2D eigenvalue weighted by atomic mass is 16.5. The smallest absolute Gasteiger partial charge is 0.123 e. The Labute approximate surface area is 90.0 Å². The van der Waals surface area contributed by atoms with E-state index < -0.39 is 0 Å². The van der Waals surface area contributed by atoms with Crippen LogP contribution in [0.15, 0.2) is 24.3 Å². The Kier molecular flexibility index (Phi) is 3.20. The lowest BCUT2D eigenvalue weighted by Gasteiger charge is -2.13. The van der Waals surface area contributed by atoms with Gasteiger partial charge in [0.15, 0.2) is 0 Å². The number of benzene rings is 1. The van der Waals surface area contributed by atoms with E-state index in [-0.39, 0.29) is 0 Å². The average Bonchev–Trinajstić information content (AvgIpc) is 2.77. The molecule has 1 heterocycles. The normalized spacial score (nSPS) is 25.5. The van der Waals surface area contributed by atoms with Crippen LogP contribution < -0.4 is 20.9 Å². The van der Waals surface area contributed by atoms with Crippen molar-refractivity contribution in [2.45, 2.75) is 18.6 Å². The first-order valence-corrected chi connectivity index (χ1v) is 5.16. The molecule has 1 aromatic carbocycles. The van der Waals surface area contributed by atoms with Crippen molar-refractivity contribution in [1.29, 1.82) is 0 Å². The zero-order valence-corrected chi connectivity index (χ0v) is 9.08. The van der Waals surface area contributed by atoms with E-state index in [1.165, 1.54) is 5.56 Å². The fourth-order valence-corrected chi connectivity index (χ4v) is 1.90. The topological polar surface area (TPSA) is 45.3 Å². The van der Waals surface area contributed by atoms with Crippen LogP contribution in [0.3, 0.4) is 0 Å². The van der Waals surface area contributed by atoms with Crippen LogP contribution in [0.25, 0.3) is 0 Å². The van der Waals surface area contributed by atoms with Crippen LogP contribution in [0.2, 0.25) is 0 Å². The summed E-state index contributed by atoms with van der Waals surface area (Å²) in [7, 11) is 3.65. The predicted molar refractivity (Wildman–Crippen MR) is 59.5 cm³/mol. The summed E-state index contributed by atoms with van der Waals surface area (Å²) in [6, 6.07) is 8.41. The standard InChI is InChI=1S/C11H17N3O/c1-12-11-7-9(13-14-11)8-5-3-4-6-10(8)15-2/h3-6,9,11-14H,7H2,1-2H3. The van der Waals surface area contributed by atoms with Gasteiger partial charge in [-0.05, 0) is 19.5 Å². The number of hydrazine groups is 1. The number of methoxy groups -OCH3 is 1. The number of rotatable bonds is 3. The lowest BCUT2D eigenvalue weighted by Crippen LogP contribution is -2.38. The molecule has 0 radical (unpaired) electrons. The highest BCUT2D eigenvalue weighted by molar-refractivity contribution is 5.36. The summed E-state index contributed by atoms with van der Waals surface area (Å²) in [6.07, 6.45) is 1.33. The molecule has 2 rings (SSSR count). The van der Waals surface area contributed by atoms with Gasteiger partial charge in [-0.1, -0.05) is 18.2 Å². The van der Waals surface area contributed by atoms with Crippen molar-refractivity contribution < 1.29 is 4.74 Å². The van der Waals surface area contributed by atoms with Crippen molar-refractivity contribution in [2.75, 3.05) is 14.2 Å². The summed E-state index contributed by atoms with van der Waals surface area (Å²) >= 11 is 0. The maximum Gasteiger partial charge on any atom is 0.123 e. The largest absolute Gasteiger partial charge is 0.496 e. The molecule has 1 fully saturated rings. The van der Waals surface area contributed by atoms with Gasteiger partial charge in [0.2, 0.25) is 0 Å². The first-order valence-electron chi connectivity index (χ1n) is 5.16. The van der Waals surface area contributed by atoms with Gasteiger partial charge >= 0.3 is 0 Å². The van der Waals surface area contributed by atoms with Gasteiger partial charge in [0.05, 0.1) is 19.3 Å². The Morgan fingerprint density at radius 1 is 1.33 bits per heavy atom. The molecule has 1 aromatic rings. The van der Waals surface area contributed by atoms with E-state index in [1.807, 2.05) is 25.2 Å². The second-order valence-electron chi connectivity index (χ2n) is 3.66. The fourth-order valence-electron chi connectivity index (χ4n) is 1.90. The molecule has 1 saturated heterocycles. The van der Waals surface area contributed by atoms with E-state index >= 15 is 0 Å². The maximum atomic E-state index is 5.34. The minimum atomic E-state index is 0.304. The van der Waals surface area contributed by atoms with Gasteiger partial charge in [0.25, 0.3) is 0 Å². The quantitative estimate of drug-likeness (QED) is 0.685. The number of ether oxygens (including phenoxy) is 1. The zero-order chi connectivity index (χ0) is 10.7. The lowest BCUT2D eigenvalue weighted by atomic mass is 10.0. The van der Waals surface area contributed by atoms with Crippen molar-refractivity contribution in [3.8, 4) is 5.75 Å². The molecule has 3 N–H and O–H groups in total. The number of nitrogens with one attached hydrogen (secondary N) is 3. The van der Waals surface area contributed by atoms with E-state index in [4.69, 9.17) is 4.74 Å². The molecule has 4 heteroatoms. The van der Waals surface area contributed by atoms with E-state index in [2.05, 4.69) is 22.2 Å². The summed E-state index contributed by atoms with van der Waals surface area (Å²) in [5, 5.41) is 3.19. The molecule has 0 aromatic heterocycles. The third kappa shape index (κ3) is 2.12. The molecule has 0 aliphatic carbocycles. The van der Waals surface area contributed by atoms with Crippen molar-refractivity contribution >= 4 is 0 Å². The van der Waals surface area contributed by atoms with Crippen LogP contribution in [-0.2, 0) is 0 Å². The number of hydrogen-bond donors (Lipinski definition) is 3. The summed E-state index contributed by atoms with van der Waals surface area (Å²) in [6.45, 7) is 0. The molecule has 0 saturated carbocycles. The van der Waals surface area contributed by atoms with E-state index in [9.17, 15) is 0 Å². The van der Waals surface area contributed by atoms with E-state index in [1.54, 1.807) is 7.11 Å². The Morgan fingerprint density at radius 2 is 2.13 bits per heavy atom. The van der Waals surface area contributed by atoms with Crippen molar-refractivity contribution in [3.63, 3.8) is 0 Å². The van der Waals surface area contributed by atoms with Gasteiger partial charge in [0.1, 0.15) is 5.75 Å². The van der Waals surface area contributed by atoms with Gasteiger partial charge in [0, 0.05) is 5.56 Å². The molecule has 82 valence electrons. The molecule has 2 atom stereocenters. The average molecular weight is 207 g/mol. The van der Waals surface area contributed by atoms with Crippen LogP contribution in [0.5, 0.6) is 5.75 Å². The Morgan fingerprint density at radius 3 is 2.80 bits per heavy atom. The van der Waals surface area contributed by atoms with Gasteiger partial charge in [-0.25, -0.2) is 10.9 Å². The SMILES string of the molecule is CNC1CC(c2ccccc2OC)NN1. The predicted octanol–water partition coefficient (Wildman–Crippen LogP) is 0.780. The molecule has 0 spiro atoms. The molecule has 4 nitrogen and oxygen atoms in total. The van der Waals surface area contributed by atoms with Crippen LogP contribution in [0, 0.1) is 0 Å². The fraction of sp³-hybridized carbons (Fsp3) is 0.455. The molecule has 15 heavy (non-hydrogen) atoms. The monoisotopic (exact) mass is 207 g/mol. The first kappa shape index (κ1) is 10.4. The Hall–Kier alpha value is -1.10. The van der Waals surface area contributed by atoms with Crippen LogP contribution in [-0.4, -0.2) is 20.3 Å². The summed E-state index contributed by atoms with van der Waals surface area (Å²) < 4.78 is 5.34. The Balaban J connectivity index is 2.16. The van der Waals surface area contributed by atoms with Gasteiger partial charge in [-0.15, -0.1) is 0 Å². The lowest BCUT2D eigenvalue weighted by molar-refractivity contribution is 0.402. The van der Waals surface area contributed by atoms with Crippen molar-refractivity contribution in [1.82, 2.24) is 16.2 Å². The number of hydrogen-bond acceptors (Lipinski definition) is 4. The molecule has 1 aliphatic rings. The van der Waals surface area contributed by atoms with Crippen LogP contribution in [0.4, 0.5) is 0 Å². The zero-order valence-electron chi connectivity index (χ0n) is 9.08. The molecule has 0 bridgehead atoms. The Bertz CT molecular complexity index is 329. The summed E-state index contributed by atoms with van der Waals surface area (Å²) in [5.74, 6) is 0.938. The third-order valence-corrected chi connectivity index (χ3v) is 2.77. The molecular weight excluding hydrogens is 190 g/mol. The number of para-hydroxylation sites is 1.